The molecule has 3 rings (SSSR count). The molecule has 1 saturated heterocycles. The molecule has 1 N–H and O–H groups in total. The molecule has 2 aromatic carbocycles. The highest BCUT2D eigenvalue weighted by molar-refractivity contribution is 5.91. The van der Waals surface area contributed by atoms with Crippen molar-refractivity contribution in [2.45, 2.75) is 51.7 Å². The summed E-state index contributed by atoms with van der Waals surface area (Å²) in [6, 6.07) is 15.8. The number of urea groups is 1. The Morgan fingerprint density at radius 1 is 1.17 bits per heavy atom. The molecule has 5 heteroatoms. The zero-order chi connectivity index (χ0) is 20.9. The van der Waals surface area contributed by atoms with Gasteiger partial charge in [0, 0.05) is 19.7 Å². The quantitative estimate of drug-likeness (QED) is 0.730. The van der Waals surface area contributed by atoms with Crippen LogP contribution < -0.4 is 10.1 Å². The zero-order valence-corrected chi connectivity index (χ0v) is 17.9. The van der Waals surface area contributed by atoms with Crippen LogP contribution in [0.2, 0.25) is 0 Å². The van der Waals surface area contributed by atoms with Crippen LogP contribution in [-0.2, 0) is 16.7 Å². The number of hydrogen-bond donors (Lipinski definition) is 1. The molecule has 1 fully saturated rings. The molecule has 156 valence electrons. The van der Waals surface area contributed by atoms with Gasteiger partial charge in [-0.15, -0.1) is 0 Å². The van der Waals surface area contributed by atoms with E-state index in [-0.39, 0.29) is 17.6 Å². The minimum atomic E-state index is -0.148. The summed E-state index contributed by atoms with van der Waals surface area (Å²) in [5.41, 5.74) is 3.16. The van der Waals surface area contributed by atoms with Crippen LogP contribution in [0.1, 0.15) is 44.7 Å². The average molecular weight is 397 g/mol. The second kappa shape index (κ2) is 9.31. The first-order valence-electron chi connectivity index (χ1n) is 10.3. The van der Waals surface area contributed by atoms with Crippen LogP contribution in [0.25, 0.3) is 0 Å². The number of nitrogens with zero attached hydrogens (tertiary/aromatic N) is 1. The van der Waals surface area contributed by atoms with Crippen molar-refractivity contribution >= 4 is 11.7 Å². The lowest BCUT2D eigenvalue weighted by atomic mass is 9.87. The van der Waals surface area contributed by atoms with Crippen LogP contribution in [0.5, 0.6) is 5.75 Å². The normalized spacial score (nSPS) is 16.5. The molecule has 0 aliphatic carbocycles. The molecule has 1 aliphatic rings. The minimum absolute atomic E-state index is 0.0901. The largest absolute Gasteiger partial charge is 0.495 e. The molecular formula is C24H32N2O3. The number of carbonyl (C=O) groups is 1. The first kappa shape index (κ1) is 21.2. The molecule has 1 aliphatic heterocycles. The fourth-order valence-corrected chi connectivity index (χ4v) is 3.53. The van der Waals surface area contributed by atoms with E-state index >= 15 is 0 Å². The van der Waals surface area contributed by atoms with E-state index in [1.165, 1.54) is 5.56 Å². The molecule has 0 radical (unpaired) electrons. The SMILES string of the molecule is COc1ccccc1NC(=O)N(Cc1ccc(C(C)(C)C)cc1)CC1CCCO1. The summed E-state index contributed by atoms with van der Waals surface area (Å²) in [6.45, 7) is 8.48. The number of carbonyl (C=O) groups excluding carboxylic acids is 1. The predicted octanol–water partition coefficient (Wildman–Crippen LogP) is 5.21. The van der Waals surface area contributed by atoms with E-state index in [0.717, 1.165) is 25.0 Å². The summed E-state index contributed by atoms with van der Waals surface area (Å²) in [7, 11) is 1.60. The van der Waals surface area contributed by atoms with Gasteiger partial charge in [0.15, 0.2) is 0 Å². The Morgan fingerprint density at radius 3 is 2.52 bits per heavy atom. The van der Waals surface area contributed by atoms with E-state index in [1.54, 1.807) is 7.11 Å². The number of para-hydroxylation sites is 2. The molecule has 2 amide bonds. The van der Waals surface area contributed by atoms with E-state index in [0.29, 0.717) is 24.5 Å². The molecule has 0 spiro atoms. The lowest BCUT2D eigenvalue weighted by Gasteiger charge is -2.27. The lowest BCUT2D eigenvalue weighted by Crippen LogP contribution is -2.39. The highest BCUT2D eigenvalue weighted by atomic mass is 16.5. The topological polar surface area (TPSA) is 50.8 Å². The monoisotopic (exact) mass is 396 g/mol. The van der Waals surface area contributed by atoms with Gasteiger partial charge in [0.25, 0.3) is 0 Å². The van der Waals surface area contributed by atoms with Crippen LogP contribution in [0.4, 0.5) is 10.5 Å². The first-order valence-corrected chi connectivity index (χ1v) is 10.3. The summed E-state index contributed by atoms with van der Waals surface area (Å²) in [4.78, 5) is 14.9. The van der Waals surface area contributed by atoms with E-state index in [4.69, 9.17) is 9.47 Å². The van der Waals surface area contributed by atoms with Crippen molar-refractivity contribution in [3.05, 3.63) is 59.7 Å². The summed E-state index contributed by atoms with van der Waals surface area (Å²) in [5.74, 6) is 0.646. The van der Waals surface area contributed by atoms with Crippen molar-refractivity contribution < 1.29 is 14.3 Å². The first-order chi connectivity index (χ1) is 13.9. The van der Waals surface area contributed by atoms with Gasteiger partial charge in [-0.05, 0) is 41.5 Å². The van der Waals surface area contributed by atoms with Gasteiger partial charge in [0.05, 0.1) is 18.9 Å². The van der Waals surface area contributed by atoms with Crippen molar-refractivity contribution in [1.29, 1.82) is 0 Å². The maximum Gasteiger partial charge on any atom is 0.322 e. The maximum absolute atomic E-state index is 13.1. The Kier molecular flexibility index (Phi) is 6.80. The highest BCUT2D eigenvalue weighted by Crippen LogP contribution is 2.25. The number of methoxy groups -OCH3 is 1. The molecule has 1 heterocycles. The van der Waals surface area contributed by atoms with Gasteiger partial charge in [-0.3, -0.25) is 0 Å². The molecule has 0 saturated carbocycles. The number of benzene rings is 2. The molecule has 0 aromatic heterocycles. The fraction of sp³-hybridized carbons (Fsp3) is 0.458. The fourth-order valence-electron chi connectivity index (χ4n) is 3.53. The molecular weight excluding hydrogens is 364 g/mol. The van der Waals surface area contributed by atoms with Crippen molar-refractivity contribution in [2.75, 3.05) is 25.6 Å². The van der Waals surface area contributed by atoms with Crippen molar-refractivity contribution in [1.82, 2.24) is 4.90 Å². The Morgan fingerprint density at radius 2 is 1.90 bits per heavy atom. The van der Waals surface area contributed by atoms with E-state index in [2.05, 4.69) is 50.4 Å². The van der Waals surface area contributed by atoms with Crippen molar-refractivity contribution in [2.24, 2.45) is 0 Å². The number of hydrogen-bond acceptors (Lipinski definition) is 3. The minimum Gasteiger partial charge on any atom is -0.495 e. The molecule has 1 atom stereocenters. The van der Waals surface area contributed by atoms with Crippen LogP contribution in [-0.4, -0.2) is 37.3 Å². The van der Waals surface area contributed by atoms with E-state index in [1.807, 2.05) is 29.2 Å². The highest BCUT2D eigenvalue weighted by Gasteiger charge is 2.24. The van der Waals surface area contributed by atoms with Crippen LogP contribution >= 0.6 is 0 Å². The van der Waals surface area contributed by atoms with Gasteiger partial charge >= 0.3 is 6.03 Å². The standard InChI is InChI=1S/C24H32N2O3/c1-24(2,3)19-13-11-18(12-14-19)16-26(17-20-8-7-15-29-20)23(27)25-21-9-5-6-10-22(21)28-4/h5-6,9-14,20H,7-8,15-17H2,1-4H3,(H,25,27). The van der Waals surface area contributed by atoms with Gasteiger partial charge in [0.2, 0.25) is 0 Å². The van der Waals surface area contributed by atoms with Crippen LogP contribution in [0.3, 0.4) is 0 Å². The lowest BCUT2D eigenvalue weighted by molar-refractivity contribution is 0.0819. The molecule has 29 heavy (non-hydrogen) atoms. The maximum atomic E-state index is 13.1. The van der Waals surface area contributed by atoms with Crippen LogP contribution in [0.15, 0.2) is 48.5 Å². The summed E-state index contributed by atoms with van der Waals surface area (Å²) < 4.78 is 11.1. The van der Waals surface area contributed by atoms with Crippen LogP contribution in [0, 0.1) is 0 Å². The second-order valence-electron chi connectivity index (χ2n) is 8.59. The molecule has 1 unspecified atom stereocenters. The average Bonchev–Trinajstić information content (AvgIpc) is 3.21. The molecule has 5 nitrogen and oxygen atoms in total. The van der Waals surface area contributed by atoms with Gasteiger partial charge in [-0.1, -0.05) is 57.2 Å². The number of amides is 2. The number of ether oxygens (including phenoxy) is 2. The van der Waals surface area contributed by atoms with E-state index < -0.39 is 0 Å². The van der Waals surface area contributed by atoms with Crippen molar-refractivity contribution in [3.8, 4) is 5.75 Å². The van der Waals surface area contributed by atoms with Gasteiger partial charge in [-0.25, -0.2) is 4.79 Å². The predicted molar refractivity (Wildman–Crippen MR) is 117 cm³/mol. The Hall–Kier alpha value is -2.53. The Labute approximate surface area is 174 Å². The number of anilines is 1. The second-order valence-corrected chi connectivity index (χ2v) is 8.59. The van der Waals surface area contributed by atoms with Gasteiger partial charge in [0.1, 0.15) is 5.75 Å². The number of rotatable bonds is 6. The molecule has 0 bridgehead atoms. The van der Waals surface area contributed by atoms with Gasteiger partial charge < -0.3 is 19.7 Å². The number of nitrogens with one attached hydrogen (secondary N) is 1. The smallest absolute Gasteiger partial charge is 0.322 e. The summed E-state index contributed by atoms with van der Waals surface area (Å²) in [6.07, 6.45) is 2.13. The molecule has 2 aromatic rings. The summed E-state index contributed by atoms with van der Waals surface area (Å²) >= 11 is 0. The third-order valence-corrected chi connectivity index (χ3v) is 5.28. The van der Waals surface area contributed by atoms with E-state index in [9.17, 15) is 4.79 Å². The third kappa shape index (κ3) is 5.73. The Balaban J connectivity index is 1.75. The Bertz CT molecular complexity index is 806. The van der Waals surface area contributed by atoms with Gasteiger partial charge in [-0.2, -0.15) is 0 Å². The zero-order valence-electron chi connectivity index (χ0n) is 17.9. The third-order valence-electron chi connectivity index (χ3n) is 5.28. The van der Waals surface area contributed by atoms with Crippen molar-refractivity contribution in [3.63, 3.8) is 0 Å². The summed E-state index contributed by atoms with van der Waals surface area (Å²) in [5, 5.41) is 3.00.